The summed E-state index contributed by atoms with van der Waals surface area (Å²) < 4.78 is 5.49. The number of aryl methyl sites for hydroxylation is 1. The molecular weight excluding hydrogens is 538 g/mol. The number of amides is 2. The van der Waals surface area contributed by atoms with Crippen LogP contribution in [0.2, 0.25) is 0 Å². The lowest BCUT2D eigenvalue weighted by atomic mass is 10.1. The van der Waals surface area contributed by atoms with E-state index in [0.717, 1.165) is 71.1 Å². The van der Waals surface area contributed by atoms with Crippen molar-refractivity contribution in [3.8, 4) is 5.75 Å². The molecule has 0 unspecified atom stereocenters. The molecule has 2 N–H and O–H groups in total. The summed E-state index contributed by atoms with van der Waals surface area (Å²) in [4.78, 5) is 29.5. The van der Waals surface area contributed by atoms with Crippen molar-refractivity contribution in [3.63, 3.8) is 0 Å². The van der Waals surface area contributed by atoms with Gasteiger partial charge in [-0.15, -0.1) is 0 Å². The van der Waals surface area contributed by atoms with Gasteiger partial charge in [0.05, 0.1) is 29.7 Å². The average molecular weight is 574 g/mol. The highest BCUT2D eigenvalue weighted by atomic mass is 16.5. The summed E-state index contributed by atoms with van der Waals surface area (Å²) in [7, 11) is 3.80. The summed E-state index contributed by atoms with van der Waals surface area (Å²) in [6.45, 7) is 5.61. The molecule has 5 aromatic rings. The molecule has 1 aromatic heterocycles. The number of carbonyl (C=O) groups is 1. The average Bonchev–Trinajstić information content (AvgIpc) is 3.03. The quantitative estimate of drug-likeness (QED) is 0.221. The topological polar surface area (TPSA) is 85.9 Å². The van der Waals surface area contributed by atoms with Gasteiger partial charge in [0, 0.05) is 42.9 Å². The van der Waals surface area contributed by atoms with Gasteiger partial charge in [-0.1, -0.05) is 36.4 Å². The number of piperazine rings is 1. The van der Waals surface area contributed by atoms with E-state index in [1.165, 1.54) is 0 Å². The van der Waals surface area contributed by atoms with E-state index in [2.05, 4.69) is 57.5 Å². The van der Waals surface area contributed by atoms with Crippen molar-refractivity contribution < 1.29 is 9.53 Å². The number of carbonyl (C=O) groups excluding carboxylic acids is 1. The molecule has 2 heterocycles. The summed E-state index contributed by atoms with van der Waals surface area (Å²) in [5.41, 5.74) is 6.09. The van der Waals surface area contributed by atoms with Gasteiger partial charge in [-0.3, -0.25) is 4.90 Å². The summed E-state index contributed by atoms with van der Waals surface area (Å²) in [5.74, 6) is 1.50. The van der Waals surface area contributed by atoms with E-state index in [1.807, 2.05) is 72.8 Å². The van der Waals surface area contributed by atoms with E-state index in [9.17, 15) is 4.79 Å². The van der Waals surface area contributed by atoms with Gasteiger partial charge in [0.1, 0.15) is 17.9 Å². The van der Waals surface area contributed by atoms with Crippen LogP contribution in [-0.2, 0) is 0 Å². The number of methoxy groups -OCH3 is 1. The smallest absolute Gasteiger partial charge is 0.323 e. The van der Waals surface area contributed by atoms with Gasteiger partial charge in [-0.2, -0.15) is 0 Å². The highest BCUT2D eigenvalue weighted by Gasteiger charge is 2.23. The Bertz CT molecular complexity index is 1720. The van der Waals surface area contributed by atoms with E-state index in [1.54, 1.807) is 13.4 Å². The number of hydrogen-bond donors (Lipinski definition) is 2. The molecule has 0 saturated carbocycles. The number of urea groups is 1. The summed E-state index contributed by atoms with van der Waals surface area (Å²) >= 11 is 0. The minimum atomic E-state index is -0.315. The fourth-order valence-electron chi connectivity index (χ4n) is 5.43. The molecule has 1 fully saturated rings. The molecule has 0 aliphatic carbocycles. The number of hydrogen-bond acceptors (Lipinski definition) is 7. The lowest BCUT2D eigenvalue weighted by Crippen LogP contribution is -2.44. The van der Waals surface area contributed by atoms with Crippen LogP contribution >= 0.6 is 0 Å². The number of benzene rings is 4. The van der Waals surface area contributed by atoms with Crippen LogP contribution in [0.4, 0.5) is 39.0 Å². The summed E-state index contributed by atoms with van der Waals surface area (Å²) in [5, 5.41) is 6.90. The largest absolute Gasteiger partial charge is 0.497 e. The van der Waals surface area contributed by atoms with Crippen molar-refractivity contribution in [2.75, 3.05) is 60.8 Å². The third kappa shape index (κ3) is 6.07. The van der Waals surface area contributed by atoms with Gasteiger partial charge in [-0.25, -0.2) is 14.8 Å². The number of para-hydroxylation sites is 2. The normalized spacial score (nSPS) is 13.5. The first-order chi connectivity index (χ1) is 21.0. The molecule has 218 valence electrons. The number of anilines is 6. The molecule has 6 rings (SSSR count). The Balaban J connectivity index is 1.49. The van der Waals surface area contributed by atoms with Crippen molar-refractivity contribution in [2.45, 2.75) is 6.92 Å². The highest BCUT2D eigenvalue weighted by molar-refractivity contribution is 6.06. The zero-order valence-corrected chi connectivity index (χ0v) is 24.6. The van der Waals surface area contributed by atoms with E-state index >= 15 is 0 Å². The number of nitrogens with zero attached hydrogens (tertiary/aromatic N) is 5. The highest BCUT2D eigenvalue weighted by Crippen LogP contribution is 2.41. The second-order valence-electron chi connectivity index (χ2n) is 10.6. The molecule has 1 aliphatic rings. The fourth-order valence-corrected chi connectivity index (χ4v) is 5.43. The maximum Gasteiger partial charge on any atom is 0.323 e. The Kier molecular flexibility index (Phi) is 8.06. The first kappa shape index (κ1) is 28.0. The van der Waals surface area contributed by atoms with Crippen LogP contribution in [0.1, 0.15) is 5.56 Å². The van der Waals surface area contributed by atoms with E-state index < -0.39 is 0 Å². The van der Waals surface area contributed by atoms with Crippen molar-refractivity contribution >= 4 is 51.2 Å². The van der Waals surface area contributed by atoms with Gasteiger partial charge in [0.25, 0.3) is 0 Å². The van der Waals surface area contributed by atoms with Crippen LogP contribution in [0.15, 0.2) is 97.3 Å². The minimum Gasteiger partial charge on any atom is -0.497 e. The van der Waals surface area contributed by atoms with Gasteiger partial charge in [-0.05, 0) is 74.1 Å². The second kappa shape index (κ2) is 12.4. The number of rotatable bonds is 7. The standard InChI is InChI=1S/C34H35N7O2/c1-24-20-27(43-3)14-15-31(24)41(26-12-8-5-9-13-26)33-28-21-30(38-34(42)37-25-10-6-4-7-11-25)32(22-29(28)35-23-36-33)40-18-16-39(2)17-19-40/h4-15,20-23H,16-19H2,1-3H3,(H2,37,38,42). The fraction of sp³-hybridized carbons (Fsp3) is 0.206. The third-order valence-electron chi connectivity index (χ3n) is 7.73. The zero-order chi connectivity index (χ0) is 29.8. The van der Waals surface area contributed by atoms with Crippen LogP contribution in [0, 0.1) is 6.92 Å². The molecule has 0 radical (unpaired) electrons. The Labute approximate surface area is 251 Å². The monoisotopic (exact) mass is 573 g/mol. The van der Waals surface area contributed by atoms with Crippen molar-refractivity contribution in [3.05, 3.63) is 103 Å². The first-order valence-electron chi connectivity index (χ1n) is 14.4. The van der Waals surface area contributed by atoms with Crippen molar-refractivity contribution in [2.24, 2.45) is 0 Å². The van der Waals surface area contributed by atoms with Gasteiger partial charge in [0.2, 0.25) is 0 Å². The van der Waals surface area contributed by atoms with E-state index in [-0.39, 0.29) is 6.03 Å². The van der Waals surface area contributed by atoms with Crippen LogP contribution in [-0.4, -0.2) is 61.2 Å². The summed E-state index contributed by atoms with van der Waals surface area (Å²) in [6, 6.07) is 29.3. The predicted octanol–water partition coefficient (Wildman–Crippen LogP) is 6.81. The number of aromatic nitrogens is 2. The second-order valence-corrected chi connectivity index (χ2v) is 10.6. The zero-order valence-electron chi connectivity index (χ0n) is 24.6. The number of likely N-dealkylation sites (N-methyl/N-ethyl adjacent to an activating group) is 1. The molecule has 0 bridgehead atoms. The maximum atomic E-state index is 13.3. The van der Waals surface area contributed by atoms with Crippen molar-refractivity contribution in [1.29, 1.82) is 0 Å². The number of ether oxygens (including phenoxy) is 1. The molecule has 2 amide bonds. The van der Waals surface area contributed by atoms with Crippen molar-refractivity contribution in [1.82, 2.24) is 14.9 Å². The Morgan fingerprint density at radius 1 is 0.860 bits per heavy atom. The number of fused-ring (bicyclic) bond motifs is 1. The Morgan fingerprint density at radius 3 is 2.28 bits per heavy atom. The Hall–Kier alpha value is -5.15. The lowest BCUT2D eigenvalue weighted by molar-refractivity contribution is 0.262. The molecule has 9 nitrogen and oxygen atoms in total. The van der Waals surface area contributed by atoms with Crippen LogP contribution in [0.25, 0.3) is 10.9 Å². The molecule has 9 heteroatoms. The van der Waals surface area contributed by atoms with E-state index in [4.69, 9.17) is 14.7 Å². The third-order valence-corrected chi connectivity index (χ3v) is 7.73. The molecule has 0 spiro atoms. The molecular formula is C34H35N7O2. The van der Waals surface area contributed by atoms with Crippen LogP contribution in [0.3, 0.4) is 0 Å². The Morgan fingerprint density at radius 2 is 1.58 bits per heavy atom. The summed E-state index contributed by atoms with van der Waals surface area (Å²) in [6.07, 6.45) is 1.61. The first-order valence-corrected chi connectivity index (χ1v) is 14.4. The molecule has 43 heavy (non-hydrogen) atoms. The van der Waals surface area contributed by atoms with Gasteiger partial charge >= 0.3 is 6.03 Å². The van der Waals surface area contributed by atoms with Crippen LogP contribution in [0.5, 0.6) is 5.75 Å². The van der Waals surface area contributed by atoms with Crippen LogP contribution < -0.4 is 25.2 Å². The van der Waals surface area contributed by atoms with Gasteiger partial charge in [0.15, 0.2) is 0 Å². The molecule has 1 saturated heterocycles. The SMILES string of the molecule is COc1ccc(N(c2ccccc2)c2ncnc3cc(N4CCN(C)CC4)c(NC(=O)Nc4ccccc4)cc23)c(C)c1. The molecule has 0 atom stereocenters. The maximum absolute atomic E-state index is 13.3. The molecule has 1 aliphatic heterocycles. The molecule has 4 aromatic carbocycles. The number of nitrogens with one attached hydrogen (secondary N) is 2. The predicted molar refractivity (Wildman–Crippen MR) is 174 cm³/mol. The van der Waals surface area contributed by atoms with Gasteiger partial charge < -0.3 is 25.2 Å². The lowest BCUT2D eigenvalue weighted by Gasteiger charge is -2.35. The van der Waals surface area contributed by atoms with E-state index in [0.29, 0.717) is 11.5 Å². The minimum absolute atomic E-state index is 0.315.